The lowest BCUT2D eigenvalue weighted by molar-refractivity contribution is 0.628. The molecule has 17 heavy (non-hydrogen) atoms. The zero-order chi connectivity index (χ0) is 12.3. The van der Waals surface area contributed by atoms with Crippen LogP contribution in [-0.4, -0.2) is 4.98 Å². The Labute approximate surface area is 104 Å². The summed E-state index contributed by atoms with van der Waals surface area (Å²) in [6.45, 7) is 2.59. The first kappa shape index (κ1) is 11.9. The summed E-state index contributed by atoms with van der Waals surface area (Å²) >= 11 is 5.70. The van der Waals surface area contributed by atoms with Crippen LogP contribution in [0.2, 0.25) is 5.02 Å². The van der Waals surface area contributed by atoms with E-state index in [0.29, 0.717) is 6.54 Å². The molecule has 1 heterocycles. The fourth-order valence-electron chi connectivity index (χ4n) is 1.50. The van der Waals surface area contributed by atoms with Crippen LogP contribution in [0.15, 0.2) is 36.5 Å². The van der Waals surface area contributed by atoms with Crippen LogP contribution in [0, 0.1) is 12.7 Å². The summed E-state index contributed by atoms with van der Waals surface area (Å²) in [5.74, 6) is -0.411. The van der Waals surface area contributed by atoms with Crippen molar-refractivity contribution in [2.24, 2.45) is 0 Å². The van der Waals surface area contributed by atoms with E-state index in [4.69, 9.17) is 11.6 Å². The number of halogens is 2. The molecule has 0 radical (unpaired) electrons. The minimum absolute atomic E-state index is 0.118. The molecular weight excluding hydrogens is 239 g/mol. The van der Waals surface area contributed by atoms with E-state index in [1.54, 1.807) is 18.3 Å². The second-order valence-electron chi connectivity index (χ2n) is 3.75. The van der Waals surface area contributed by atoms with Gasteiger partial charge in [0, 0.05) is 11.9 Å². The third kappa shape index (κ3) is 2.94. The summed E-state index contributed by atoms with van der Waals surface area (Å²) in [7, 11) is 0. The average Bonchev–Trinajstić information content (AvgIpc) is 2.32. The Morgan fingerprint density at radius 3 is 2.88 bits per heavy atom. The maximum absolute atomic E-state index is 13.0. The number of hydrogen-bond acceptors (Lipinski definition) is 2. The fourth-order valence-corrected chi connectivity index (χ4v) is 1.68. The highest BCUT2D eigenvalue weighted by Gasteiger charge is 2.02. The van der Waals surface area contributed by atoms with E-state index >= 15 is 0 Å². The Hall–Kier alpha value is -1.61. The van der Waals surface area contributed by atoms with Crippen molar-refractivity contribution in [3.8, 4) is 0 Å². The maximum Gasteiger partial charge on any atom is 0.141 e. The summed E-state index contributed by atoms with van der Waals surface area (Å²) in [6, 6.07) is 8.46. The number of pyridine rings is 1. The number of anilines is 1. The Morgan fingerprint density at radius 2 is 2.18 bits per heavy atom. The van der Waals surface area contributed by atoms with Gasteiger partial charge in [0.1, 0.15) is 5.82 Å². The number of aromatic nitrogens is 1. The minimum atomic E-state index is -0.411. The van der Waals surface area contributed by atoms with Gasteiger partial charge < -0.3 is 5.32 Å². The van der Waals surface area contributed by atoms with E-state index in [2.05, 4.69) is 10.3 Å². The fraction of sp³-hybridized carbons (Fsp3) is 0.154. The quantitative estimate of drug-likeness (QED) is 0.896. The molecule has 0 saturated carbocycles. The van der Waals surface area contributed by atoms with Gasteiger partial charge in [-0.25, -0.2) is 4.39 Å². The summed E-state index contributed by atoms with van der Waals surface area (Å²) < 4.78 is 13.0. The predicted octanol–water partition coefficient (Wildman–Crippen LogP) is 3.79. The van der Waals surface area contributed by atoms with Gasteiger partial charge in [-0.3, -0.25) is 4.98 Å². The van der Waals surface area contributed by atoms with Crippen molar-refractivity contribution in [3.05, 3.63) is 58.6 Å². The molecule has 0 atom stereocenters. The molecule has 0 aliphatic heterocycles. The SMILES string of the molecule is Cc1cccnc1CNc1ccc(F)c(Cl)c1. The van der Waals surface area contributed by atoms with Gasteiger partial charge in [-0.05, 0) is 36.8 Å². The van der Waals surface area contributed by atoms with Crippen molar-refractivity contribution < 1.29 is 4.39 Å². The molecule has 0 saturated heterocycles. The van der Waals surface area contributed by atoms with Crippen LogP contribution in [0.25, 0.3) is 0 Å². The molecule has 0 amide bonds. The van der Waals surface area contributed by atoms with Crippen molar-refractivity contribution in [1.29, 1.82) is 0 Å². The molecule has 1 aromatic heterocycles. The summed E-state index contributed by atoms with van der Waals surface area (Å²) in [5, 5.41) is 3.27. The van der Waals surface area contributed by atoms with Crippen LogP contribution in [0.5, 0.6) is 0 Å². The smallest absolute Gasteiger partial charge is 0.141 e. The van der Waals surface area contributed by atoms with Gasteiger partial charge >= 0.3 is 0 Å². The molecule has 0 fully saturated rings. The molecule has 0 spiro atoms. The molecule has 2 nitrogen and oxygen atoms in total. The van der Waals surface area contributed by atoms with Crippen LogP contribution in [0.3, 0.4) is 0 Å². The summed E-state index contributed by atoms with van der Waals surface area (Å²) in [5.41, 5.74) is 2.86. The Bertz CT molecular complexity index is 529. The molecule has 2 rings (SSSR count). The van der Waals surface area contributed by atoms with Crippen molar-refractivity contribution in [2.45, 2.75) is 13.5 Å². The standard InChI is InChI=1S/C13H12ClFN2/c1-9-3-2-6-16-13(9)8-17-10-4-5-12(15)11(14)7-10/h2-7,17H,8H2,1H3. The average molecular weight is 251 g/mol. The van der Waals surface area contributed by atoms with Gasteiger partial charge in [-0.2, -0.15) is 0 Å². The molecule has 0 aliphatic rings. The third-order valence-electron chi connectivity index (χ3n) is 2.50. The van der Waals surface area contributed by atoms with E-state index in [0.717, 1.165) is 16.9 Å². The minimum Gasteiger partial charge on any atom is -0.379 e. The van der Waals surface area contributed by atoms with Crippen LogP contribution in [-0.2, 0) is 6.54 Å². The summed E-state index contributed by atoms with van der Waals surface area (Å²) in [6.07, 6.45) is 1.75. The Balaban J connectivity index is 2.08. The second-order valence-corrected chi connectivity index (χ2v) is 4.16. The van der Waals surface area contributed by atoms with E-state index < -0.39 is 5.82 Å². The van der Waals surface area contributed by atoms with Crippen LogP contribution >= 0.6 is 11.6 Å². The van der Waals surface area contributed by atoms with Gasteiger partial charge in [0.15, 0.2) is 0 Å². The Morgan fingerprint density at radius 1 is 1.35 bits per heavy atom. The molecule has 4 heteroatoms. The van der Waals surface area contributed by atoms with Gasteiger partial charge in [0.25, 0.3) is 0 Å². The number of benzene rings is 1. The van der Waals surface area contributed by atoms with Crippen molar-refractivity contribution >= 4 is 17.3 Å². The molecule has 88 valence electrons. The number of nitrogens with one attached hydrogen (secondary N) is 1. The van der Waals surface area contributed by atoms with E-state index in [1.165, 1.54) is 6.07 Å². The first-order valence-corrected chi connectivity index (χ1v) is 5.64. The van der Waals surface area contributed by atoms with Crippen LogP contribution < -0.4 is 5.32 Å². The van der Waals surface area contributed by atoms with E-state index in [1.807, 2.05) is 19.1 Å². The topological polar surface area (TPSA) is 24.9 Å². The first-order chi connectivity index (χ1) is 8.16. The highest BCUT2D eigenvalue weighted by molar-refractivity contribution is 6.31. The molecule has 1 aromatic carbocycles. The van der Waals surface area contributed by atoms with Crippen molar-refractivity contribution in [2.75, 3.05) is 5.32 Å². The van der Waals surface area contributed by atoms with E-state index in [-0.39, 0.29) is 5.02 Å². The molecule has 0 aliphatic carbocycles. The Kier molecular flexibility index (Phi) is 3.59. The highest BCUT2D eigenvalue weighted by Crippen LogP contribution is 2.19. The molecule has 1 N–H and O–H groups in total. The normalized spacial score (nSPS) is 10.3. The lowest BCUT2D eigenvalue weighted by Gasteiger charge is -2.08. The lowest BCUT2D eigenvalue weighted by Crippen LogP contribution is -2.03. The molecule has 0 bridgehead atoms. The predicted molar refractivity (Wildman–Crippen MR) is 67.7 cm³/mol. The van der Waals surface area contributed by atoms with Crippen LogP contribution in [0.4, 0.5) is 10.1 Å². The number of rotatable bonds is 3. The van der Waals surface area contributed by atoms with Crippen molar-refractivity contribution in [3.63, 3.8) is 0 Å². The van der Waals surface area contributed by atoms with Gasteiger partial charge in [0.05, 0.1) is 17.3 Å². The number of hydrogen-bond donors (Lipinski definition) is 1. The molecular formula is C13H12ClFN2. The lowest BCUT2D eigenvalue weighted by atomic mass is 10.2. The van der Waals surface area contributed by atoms with Gasteiger partial charge in [-0.1, -0.05) is 17.7 Å². The van der Waals surface area contributed by atoms with Gasteiger partial charge in [0.2, 0.25) is 0 Å². The third-order valence-corrected chi connectivity index (χ3v) is 2.79. The number of nitrogens with zero attached hydrogens (tertiary/aromatic N) is 1. The molecule has 2 aromatic rings. The highest BCUT2D eigenvalue weighted by atomic mass is 35.5. The zero-order valence-electron chi connectivity index (χ0n) is 9.37. The monoisotopic (exact) mass is 250 g/mol. The maximum atomic E-state index is 13.0. The van der Waals surface area contributed by atoms with Crippen LogP contribution in [0.1, 0.15) is 11.3 Å². The number of aryl methyl sites for hydroxylation is 1. The first-order valence-electron chi connectivity index (χ1n) is 5.26. The second kappa shape index (κ2) is 5.15. The van der Waals surface area contributed by atoms with Gasteiger partial charge in [-0.15, -0.1) is 0 Å². The van der Waals surface area contributed by atoms with E-state index in [9.17, 15) is 4.39 Å². The zero-order valence-corrected chi connectivity index (χ0v) is 10.1. The summed E-state index contributed by atoms with van der Waals surface area (Å²) in [4.78, 5) is 4.26. The largest absolute Gasteiger partial charge is 0.379 e. The molecule has 0 unspecified atom stereocenters. The van der Waals surface area contributed by atoms with Crippen molar-refractivity contribution in [1.82, 2.24) is 4.98 Å².